The molecular formula is C16H22N4. The first kappa shape index (κ1) is 13.2. The van der Waals surface area contributed by atoms with Crippen LogP contribution < -0.4 is 10.2 Å². The quantitative estimate of drug-likeness (QED) is 0.878. The highest BCUT2D eigenvalue weighted by Crippen LogP contribution is 2.20. The highest BCUT2D eigenvalue weighted by molar-refractivity contribution is 5.48. The molecule has 1 fully saturated rings. The first-order chi connectivity index (χ1) is 9.83. The fraction of sp³-hybridized carbons (Fsp3) is 0.438. The van der Waals surface area contributed by atoms with E-state index in [2.05, 4.69) is 51.4 Å². The number of imidazole rings is 1. The van der Waals surface area contributed by atoms with Crippen molar-refractivity contribution >= 4 is 5.69 Å². The highest BCUT2D eigenvalue weighted by Gasteiger charge is 2.12. The van der Waals surface area contributed by atoms with Gasteiger partial charge in [0.15, 0.2) is 0 Å². The summed E-state index contributed by atoms with van der Waals surface area (Å²) in [6.45, 7) is 5.39. The average molecular weight is 270 g/mol. The second-order valence-corrected chi connectivity index (χ2v) is 5.44. The summed E-state index contributed by atoms with van der Waals surface area (Å²) in [6.07, 6.45) is 6.30. The molecule has 0 saturated carbocycles. The fourth-order valence-corrected chi connectivity index (χ4v) is 2.68. The van der Waals surface area contributed by atoms with E-state index in [1.807, 2.05) is 6.20 Å². The van der Waals surface area contributed by atoms with Crippen LogP contribution in [0.1, 0.15) is 37.2 Å². The molecule has 3 rings (SSSR count). The summed E-state index contributed by atoms with van der Waals surface area (Å²) < 4.78 is 0. The van der Waals surface area contributed by atoms with Crippen LogP contribution in [0.4, 0.5) is 5.69 Å². The van der Waals surface area contributed by atoms with Crippen molar-refractivity contribution in [2.75, 3.05) is 18.0 Å². The summed E-state index contributed by atoms with van der Waals surface area (Å²) in [5.74, 6) is 0.985. The Balaban J connectivity index is 1.55. The van der Waals surface area contributed by atoms with E-state index in [1.165, 1.54) is 37.2 Å². The van der Waals surface area contributed by atoms with Gasteiger partial charge in [-0.15, -0.1) is 0 Å². The number of nitrogens with one attached hydrogen (secondary N) is 2. The predicted molar refractivity (Wildman–Crippen MR) is 81.7 cm³/mol. The molecule has 20 heavy (non-hydrogen) atoms. The maximum atomic E-state index is 4.27. The van der Waals surface area contributed by atoms with Crippen molar-refractivity contribution in [3.63, 3.8) is 0 Å². The summed E-state index contributed by atoms with van der Waals surface area (Å²) in [5, 5.41) is 3.48. The Morgan fingerprint density at radius 1 is 1.25 bits per heavy atom. The third kappa shape index (κ3) is 3.02. The molecule has 4 nitrogen and oxygen atoms in total. The number of H-pyrrole nitrogens is 1. The number of nitrogens with zero attached hydrogens (tertiary/aromatic N) is 2. The van der Waals surface area contributed by atoms with E-state index in [-0.39, 0.29) is 6.04 Å². The third-order valence-corrected chi connectivity index (χ3v) is 3.95. The molecule has 2 heterocycles. The summed E-state index contributed by atoms with van der Waals surface area (Å²) in [6, 6.07) is 9.15. The van der Waals surface area contributed by atoms with E-state index >= 15 is 0 Å². The van der Waals surface area contributed by atoms with Gasteiger partial charge in [-0.05, 0) is 37.5 Å². The lowest BCUT2D eigenvalue weighted by Gasteiger charge is -2.18. The molecule has 1 aliphatic rings. The van der Waals surface area contributed by atoms with Crippen LogP contribution in [0.15, 0.2) is 36.7 Å². The third-order valence-electron chi connectivity index (χ3n) is 3.95. The molecule has 0 aliphatic carbocycles. The maximum absolute atomic E-state index is 4.27. The lowest BCUT2D eigenvalue weighted by Crippen LogP contribution is -2.20. The zero-order chi connectivity index (χ0) is 13.8. The number of aromatic amines is 1. The Labute approximate surface area is 120 Å². The number of anilines is 1. The summed E-state index contributed by atoms with van der Waals surface area (Å²) in [4.78, 5) is 9.87. The molecule has 2 aromatic rings. The van der Waals surface area contributed by atoms with Gasteiger partial charge >= 0.3 is 0 Å². The SMILES string of the molecule is CC(NCc1ccc(N2CCCC2)cc1)c1ncc[nH]1. The van der Waals surface area contributed by atoms with E-state index in [0.717, 1.165) is 12.4 Å². The Bertz CT molecular complexity index is 512. The monoisotopic (exact) mass is 270 g/mol. The molecule has 0 spiro atoms. The van der Waals surface area contributed by atoms with Gasteiger partial charge in [0.25, 0.3) is 0 Å². The number of hydrogen-bond donors (Lipinski definition) is 2. The highest BCUT2D eigenvalue weighted by atomic mass is 15.1. The first-order valence-corrected chi connectivity index (χ1v) is 7.39. The normalized spacial score (nSPS) is 16.6. The summed E-state index contributed by atoms with van der Waals surface area (Å²) in [5.41, 5.74) is 2.66. The van der Waals surface area contributed by atoms with Gasteiger partial charge in [0, 0.05) is 37.7 Å². The largest absolute Gasteiger partial charge is 0.372 e. The van der Waals surface area contributed by atoms with Crippen LogP contribution in [0.5, 0.6) is 0 Å². The van der Waals surface area contributed by atoms with Crippen molar-refractivity contribution in [2.24, 2.45) is 0 Å². The molecule has 0 bridgehead atoms. The Hall–Kier alpha value is -1.81. The van der Waals surface area contributed by atoms with Crippen molar-refractivity contribution < 1.29 is 0 Å². The van der Waals surface area contributed by atoms with Crippen LogP contribution in [0.2, 0.25) is 0 Å². The Morgan fingerprint density at radius 2 is 2.00 bits per heavy atom. The van der Waals surface area contributed by atoms with E-state index in [1.54, 1.807) is 6.20 Å². The number of aromatic nitrogens is 2. The molecule has 106 valence electrons. The van der Waals surface area contributed by atoms with Gasteiger partial charge < -0.3 is 15.2 Å². The average Bonchev–Trinajstić information content (AvgIpc) is 3.18. The minimum Gasteiger partial charge on any atom is -0.372 e. The fourth-order valence-electron chi connectivity index (χ4n) is 2.68. The first-order valence-electron chi connectivity index (χ1n) is 7.39. The number of rotatable bonds is 5. The van der Waals surface area contributed by atoms with Crippen molar-refractivity contribution in [1.82, 2.24) is 15.3 Å². The zero-order valence-electron chi connectivity index (χ0n) is 12.0. The van der Waals surface area contributed by atoms with Gasteiger partial charge in [-0.25, -0.2) is 4.98 Å². The topological polar surface area (TPSA) is 44.0 Å². The zero-order valence-corrected chi connectivity index (χ0v) is 12.0. The van der Waals surface area contributed by atoms with E-state index in [4.69, 9.17) is 0 Å². The van der Waals surface area contributed by atoms with Crippen molar-refractivity contribution in [3.05, 3.63) is 48.0 Å². The van der Waals surface area contributed by atoms with Gasteiger partial charge in [-0.1, -0.05) is 12.1 Å². The minimum atomic E-state index is 0.239. The van der Waals surface area contributed by atoms with Gasteiger partial charge in [0.05, 0.1) is 6.04 Å². The lowest BCUT2D eigenvalue weighted by atomic mass is 10.2. The molecular weight excluding hydrogens is 248 g/mol. The minimum absolute atomic E-state index is 0.239. The lowest BCUT2D eigenvalue weighted by molar-refractivity contribution is 0.551. The van der Waals surface area contributed by atoms with Crippen molar-refractivity contribution in [1.29, 1.82) is 0 Å². The van der Waals surface area contributed by atoms with Crippen LogP contribution in [0, 0.1) is 0 Å². The van der Waals surface area contributed by atoms with Crippen LogP contribution >= 0.6 is 0 Å². The molecule has 1 aliphatic heterocycles. The second kappa shape index (κ2) is 6.09. The molecule has 0 amide bonds. The molecule has 1 atom stereocenters. The van der Waals surface area contributed by atoms with Gasteiger partial charge in [0.1, 0.15) is 5.82 Å². The van der Waals surface area contributed by atoms with Crippen LogP contribution in [-0.2, 0) is 6.54 Å². The molecule has 2 N–H and O–H groups in total. The van der Waals surface area contributed by atoms with Crippen molar-refractivity contribution in [3.8, 4) is 0 Å². The van der Waals surface area contributed by atoms with E-state index < -0.39 is 0 Å². The van der Waals surface area contributed by atoms with Crippen LogP contribution in [0.25, 0.3) is 0 Å². The van der Waals surface area contributed by atoms with Crippen LogP contribution in [0.3, 0.4) is 0 Å². The number of benzene rings is 1. The smallest absolute Gasteiger partial charge is 0.122 e. The van der Waals surface area contributed by atoms with Gasteiger partial charge in [0.2, 0.25) is 0 Å². The Morgan fingerprint density at radius 3 is 2.65 bits per heavy atom. The molecule has 1 aromatic heterocycles. The summed E-state index contributed by atoms with van der Waals surface area (Å²) >= 11 is 0. The number of hydrogen-bond acceptors (Lipinski definition) is 3. The van der Waals surface area contributed by atoms with Gasteiger partial charge in [-0.3, -0.25) is 0 Å². The van der Waals surface area contributed by atoms with E-state index in [0.29, 0.717) is 0 Å². The van der Waals surface area contributed by atoms with Gasteiger partial charge in [-0.2, -0.15) is 0 Å². The maximum Gasteiger partial charge on any atom is 0.122 e. The Kier molecular flexibility index (Phi) is 4.02. The second-order valence-electron chi connectivity index (χ2n) is 5.44. The predicted octanol–water partition coefficient (Wildman–Crippen LogP) is 2.86. The standard InChI is InChI=1S/C16H22N4/c1-13(16-17-8-9-18-16)19-12-14-4-6-15(7-5-14)20-10-2-3-11-20/h4-9,13,19H,2-3,10-12H2,1H3,(H,17,18). The molecule has 0 radical (unpaired) electrons. The van der Waals surface area contributed by atoms with Crippen molar-refractivity contribution in [2.45, 2.75) is 32.4 Å². The van der Waals surface area contributed by atoms with E-state index in [9.17, 15) is 0 Å². The molecule has 1 saturated heterocycles. The molecule has 1 unspecified atom stereocenters. The molecule has 1 aromatic carbocycles. The summed E-state index contributed by atoms with van der Waals surface area (Å²) in [7, 11) is 0. The van der Waals surface area contributed by atoms with Crippen LogP contribution in [-0.4, -0.2) is 23.1 Å². The molecule has 4 heteroatoms.